The summed E-state index contributed by atoms with van der Waals surface area (Å²) in [6.45, 7) is 1.98. The maximum atomic E-state index is 12.3. The molecule has 0 fully saturated rings. The highest BCUT2D eigenvalue weighted by atomic mass is 16.4. The summed E-state index contributed by atoms with van der Waals surface area (Å²) in [5, 5.41) is 11.9. The molecule has 23 heavy (non-hydrogen) atoms. The summed E-state index contributed by atoms with van der Waals surface area (Å²) in [7, 11) is 0. The van der Waals surface area contributed by atoms with Crippen molar-refractivity contribution in [2.24, 2.45) is 0 Å². The molecule has 0 spiro atoms. The molecule has 1 aromatic carbocycles. The van der Waals surface area contributed by atoms with Crippen LogP contribution in [0.5, 0.6) is 0 Å². The van der Waals surface area contributed by atoms with E-state index in [4.69, 9.17) is 5.11 Å². The number of benzene rings is 1. The predicted molar refractivity (Wildman–Crippen MR) is 85.1 cm³/mol. The third-order valence-electron chi connectivity index (χ3n) is 3.51. The Morgan fingerprint density at radius 1 is 1.30 bits per heavy atom. The highest BCUT2D eigenvalue weighted by Crippen LogP contribution is 2.05. The van der Waals surface area contributed by atoms with E-state index in [9.17, 15) is 14.4 Å². The van der Waals surface area contributed by atoms with Crippen LogP contribution in [0, 0.1) is 0 Å². The molecular formula is C16H19N3O4. The normalized spacial score (nSPS) is 12.0. The second kappa shape index (κ2) is 7.53. The zero-order chi connectivity index (χ0) is 16.8. The number of fused-ring (bicyclic) bond motifs is 1. The quantitative estimate of drug-likeness (QED) is 0.798. The summed E-state index contributed by atoms with van der Waals surface area (Å²) >= 11 is 0. The summed E-state index contributed by atoms with van der Waals surface area (Å²) in [5.74, 6) is -1.11. The van der Waals surface area contributed by atoms with Crippen molar-refractivity contribution in [2.45, 2.75) is 38.8 Å². The smallest absolute Gasteiger partial charge is 0.303 e. The van der Waals surface area contributed by atoms with Crippen molar-refractivity contribution in [3.8, 4) is 0 Å². The molecule has 0 aliphatic heterocycles. The number of amides is 1. The van der Waals surface area contributed by atoms with E-state index in [-0.39, 0.29) is 36.9 Å². The SMILES string of the molecule is CC(CCC(=O)O)NC(=O)CCn1cnc2ccccc2c1=O. The lowest BCUT2D eigenvalue weighted by Crippen LogP contribution is -2.34. The molecule has 7 heteroatoms. The monoisotopic (exact) mass is 317 g/mol. The summed E-state index contributed by atoms with van der Waals surface area (Å²) in [5.41, 5.74) is 0.447. The molecule has 122 valence electrons. The van der Waals surface area contributed by atoms with Crippen molar-refractivity contribution in [3.05, 3.63) is 40.9 Å². The minimum atomic E-state index is -0.889. The lowest BCUT2D eigenvalue weighted by atomic mass is 10.2. The van der Waals surface area contributed by atoms with Crippen molar-refractivity contribution in [1.29, 1.82) is 0 Å². The number of carboxylic acids is 1. The number of carbonyl (C=O) groups is 2. The lowest BCUT2D eigenvalue weighted by Gasteiger charge is -2.13. The molecule has 0 aliphatic rings. The Balaban J connectivity index is 1.93. The minimum absolute atomic E-state index is 0.00942. The second-order valence-electron chi connectivity index (χ2n) is 5.41. The zero-order valence-electron chi connectivity index (χ0n) is 12.9. The fourth-order valence-corrected chi connectivity index (χ4v) is 2.25. The van der Waals surface area contributed by atoms with Gasteiger partial charge in [-0.25, -0.2) is 4.98 Å². The van der Waals surface area contributed by atoms with Gasteiger partial charge in [-0.1, -0.05) is 12.1 Å². The summed E-state index contributed by atoms with van der Waals surface area (Å²) < 4.78 is 1.41. The van der Waals surface area contributed by atoms with Crippen LogP contribution in [0.3, 0.4) is 0 Å². The number of nitrogens with one attached hydrogen (secondary N) is 1. The first-order valence-electron chi connectivity index (χ1n) is 7.42. The minimum Gasteiger partial charge on any atom is -0.481 e. The number of hydrogen-bond donors (Lipinski definition) is 2. The van der Waals surface area contributed by atoms with E-state index in [0.29, 0.717) is 17.3 Å². The molecule has 1 atom stereocenters. The number of aliphatic carboxylic acids is 1. The first-order chi connectivity index (χ1) is 11.0. The molecule has 1 amide bonds. The Hall–Kier alpha value is -2.70. The second-order valence-corrected chi connectivity index (χ2v) is 5.41. The van der Waals surface area contributed by atoms with E-state index in [1.807, 2.05) is 6.07 Å². The van der Waals surface area contributed by atoms with Gasteiger partial charge in [0.15, 0.2) is 0 Å². The molecule has 0 saturated carbocycles. The van der Waals surface area contributed by atoms with Crippen molar-refractivity contribution in [1.82, 2.24) is 14.9 Å². The number of rotatable bonds is 7. The highest BCUT2D eigenvalue weighted by molar-refractivity contribution is 5.77. The van der Waals surface area contributed by atoms with Gasteiger partial charge in [0.05, 0.1) is 17.2 Å². The third kappa shape index (κ3) is 4.64. The Labute approximate surface area is 133 Å². The lowest BCUT2D eigenvalue weighted by molar-refractivity contribution is -0.137. The molecule has 2 rings (SSSR count). The first kappa shape index (κ1) is 16.7. The first-order valence-corrected chi connectivity index (χ1v) is 7.42. The van der Waals surface area contributed by atoms with E-state index in [2.05, 4.69) is 10.3 Å². The van der Waals surface area contributed by atoms with Crippen molar-refractivity contribution in [3.63, 3.8) is 0 Å². The van der Waals surface area contributed by atoms with E-state index < -0.39 is 5.97 Å². The van der Waals surface area contributed by atoms with E-state index in [1.165, 1.54) is 10.9 Å². The molecule has 0 aliphatic carbocycles. The highest BCUT2D eigenvalue weighted by Gasteiger charge is 2.10. The summed E-state index contributed by atoms with van der Waals surface area (Å²) in [4.78, 5) is 38.8. The summed E-state index contributed by atoms with van der Waals surface area (Å²) in [6, 6.07) is 6.83. The number of carbonyl (C=O) groups excluding carboxylic acids is 1. The van der Waals surface area contributed by atoms with Crippen LogP contribution in [-0.4, -0.2) is 32.6 Å². The van der Waals surface area contributed by atoms with Crippen LogP contribution in [0.2, 0.25) is 0 Å². The fraction of sp³-hybridized carbons (Fsp3) is 0.375. The van der Waals surface area contributed by atoms with E-state index in [0.717, 1.165) is 0 Å². The van der Waals surface area contributed by atoms with Crippen molar-refractivity contribution >= 4 is 22.8 Å². The maximum absolute atomic E-state index is 12.3. The van der Waals surface area contributed by atoms with Gasteiger partial charge in [-0.2, -0.15) is 0 Å². The van der Waals surface area contributed by atoms with Gasteiger partial charge in [0.1, 0.15) is 0 Å². The van der Waals surface area contributed by atoms with Gasteiger partial charge < -0.3 is 10.4 Å². The van der Waals surface area contributed by atoms with Crippen LogP contribution in [-0.2, 0) is 16.1 Å². The van der Waals surface area contributed by atoms with Gasteiger partial charge in [0, 0.05) is 25.4 Å². The molecule has 7 nitrogen and oxygen atoms in total. The van der Waals surface area contributed by atoms with Gasteiger partial charge in [0.25, 0.3) is 5.56 Å². The third-order valence-corrected chi connectivity index (χ3v) is 3.51. The molecular weight excluding hydrogens is 298 g/mol. The van der Waals surface area contributed by atoms with Crippen LogP contribution in [0.25, 0.3) is 10.9 Å². The molecule has 2 aromatic rings. The average Bonchev–Trinajstić information content (AvgIpc) is 2.52. The van der Waals surface area contributed by atoms with Crippen LogP contribution in [0.1, 0.15) is 26.2 Å². The molecule has 1 aromatic heterocycles. The number of aromatic nitrogens is 2. The molecule has 1 heterocycles. The van der Waals surface area contributed by atoms with Gasteiger partial charge in [-0.3, -0.25) is 19.0 Å². The number of para-hydroxylation sites is 1. The summed E-state index contributed by atoms with van der Waals surface area (Å²) in [6.07, 6.45) is 1.96. The topological polar surface area (TPSA) is 101 Å². The van der Waals surface area contributed by atoms with Crippen LogP contribution in [0.4, 0.5) is 0 Å². The van der Waals surface area contributed by atoms with Crippen molar-refractivity contribution in [2.75, 3.05) is 0 Å². The van der Waals surface area contributed by atoms with Crippen molar-refractivity contribution < 1.29 is 14.7 Å². The van der Waals surface area contributed by atoms with E-state index >= 15 is 0 Å². The molecule has 0 saturated heterocycles. The Morgan fingerprint density at radius 3 is 2.78 bits per heavy atom. The number of hydrogen-bond acceptors (Lipinski definition) is 4. The molecule has 0 bridgehead atoms. The van der Waals surface area contributed by atoms with Gasteiger partial charge in [-0.05, 0) is 25.5 Å². The fourth-order valence-electron chi connectivity index (χ4n) is 2.25. The number of aryl methyl sites for hydroxylation is 1. The van der Waals surface area contributed by atoms with E-state index in [1.54, 1.807) is 25.1 Å². The number of carboxylic acid groups (broad SMARTS) is 1. The molecule has 1 unspecified atom stereocenters. The average molecular weight is 317 g/mol. The maximum Gasteiger partial charge on any atom is 0.303 e. The standard InChI is InChI=1S/C16H19N3O4/c1-11(6-7-15(21)22)18-14(20)8-9-19-10-17-13-5-3-2-4-12(13)16(19)23/h2-5,10-11H,6-9H2,1H3,(H,18,20)(H,21,22). The van der Waals surface area contributed by atoms with Crippen LogP contribution < -0.4 is 10.9 Å². The largest absolute Gasteiger partial charge is 0.481 e. The van der Waals surface area contributed by atoms with Gasteiger partial charge in [0.2, 0.25) is 5.91 Å². The Morgan fingerprint density at radius 2 is 2.04 bits per heavy atom. The van der Waals surface area contributed by atoms with Crippen LogP contribution >= 0.6 is 0 Å². The predicted octanol–water partition coefficient (Wildman–Crippen LogP) is 1.16. The van der Waals surface area contributed by atoms with Gasteiger partial charge in [-0.15, -0.1) is 0 Å². The molecule has 0 radical (unpaired) electrons. The van der Waals surface area contributed by atoms with Gasteiger partial charge >= 0.3 is 5.97 Å². The molecule has 2 N–H and O–H groups in total. The zero-order valence-corrected chi connectivity index (χ0v) is 12.9. The Bertz CT molecular complexity index is 769. The number of nitrogens with zero attached hydrogens (tertiary/aromatic N) is 2. The van der Waals surface area contributed by atoms with Crippen LogP contribution in [0.15, 0.2) is 35.4 Å². The Kier molecular flexibility index (Phi) is 5.46.